The van der Waals surface area contributed by atoms with Crippen LogP contribution in [0.4, 0.5) is 5.69 Å². The summed E-state index contributed by atoms with van der Waals surface area (Å²) in [6, 6.07) is 9.47. The zero-order valence-corrected chi connectivity index (χ0v) is 18.9. The molecule has 7 nitrogen and oxygen atoms in total. The van der Waals surface area contributed by atoms with Crippen LogP contribution in [0.1, 0.15) is 29.2 Å². The van der Waals surface area contributed by atoms with E-state index in [0.29, 0.717) is 12.3 Å². The highest BCUT2D eigenvalue weighted by Gasteiger charge is 2.26. The number of ether oxygens (including phenoxy) is 2. The SMILES string of the molecule is COc1cc2c(cc1OC)CN([C@H](C)C(=O)NCC(=O)Nc1c(C)cccc1C)CC2. The summed E-state index contributed by atoms with van der Waals surface area (Å²) in [5.74, 6) is 0.998. The molecule has 3 rings (SSSR count). The Bertz CT molecular complexity index is 953. The quantitative estimate of drug-likeness (QED) is 0.713. The summed E-state index contributed by atoms with van der Waals surface area (Å²) in [7, 11) is 3.24. The van der Waals surface area contributed by atoms with Crippen LogP contribution in [-0.2, 0) is 22.6 Å². The lowest BCUT2D eigenvalue weighted by Gasteiger charge is -2.33. The molecule has 1 atom stereocenters. The molecule has 0 fully saturated rings. The molecule has 0 spiro atoms. The van der Waals surface area contributed by atoms with Gasteiger partial charge >= 0.3 is 0 Å². The van der Waals surface area contributed by atoms with Gasteiger partial charge in [0.1, 0.15) is 0 Å². The molecule has 0 aliphatic carbocycles. The largest absolute Gasteiger partial charge is 0.493 e. The Kier molecular flexibility index (Phi) is 7.17. The Hall–Kier alpha value is -3.06. The van der Waals surface area contributed by atoms with Gasteiger partial charge in [-0.1, -0.05) is 18.2 Å². The molecule has 7 heteroatoms. The third kappa shape index (κ3) is 5.17. The standard InChI is InChI=1S/C24H31N3O4/c1-15-7-6-8-16(2)23(15)26-22(28)13-25-24(29)17(3)27-10-9-18-11-20(30-4)21(31-5)12-19(18)14-27/h6-8,11-12,17H,9-10,13-14H2,1-5H3,(H,25,29)(H,26,28)/t17-/m1/s1. The number of carbonyl (C=O) groups excluding carboxylic acids is 2. The predicted molar refractivity (Wildman–Crippen MR) is 121 cm³/mol. The van der Waals surface area contributed by atoms with Crippen molar-refractivity contribution in [2.75, 3.05) is 32.6 Å². The minimum absolute atomic E-state index is 0.0631. The highest BCUT2D eigenvalue weighted by atomic mass is 16.5. The van der Waals surface area contributed by atoms with E-state index in [2.05, 4.69) is 15.5 Å². The number of para-hydroxylation sites is 1. The van der Waals surface area contributed by atoms with Gasteiger partial charge in [0, 0.05) is 18.8 Å². The van der Waals surface area contributed by atoms with E-state index in [4.69, 9.17) is 9.47 Å². The van der Waals surface area contributed by atoms with E-state index >= 15 is 0 Å². The van der Waals surface area contributed by atoms with Gasteiger partial charge in [-0.05, 0) is 61.6 Å². The lowest BCUT2D eigenvalue weighted by atomic mass is 9.97. The molecule has 31 heavy (non-hydrogen) atoms. The summed E-state index contributed by atoms with van der Waals surface area (Å²) in [6.07, 6.45) is 0.820. The number of anilines is 1. The molecule has 2 aromatic carbocycles. The average Bonchev–Trinajstić information content (AvgIpc) is 2.78. The maximum atomic E-state index is 12.7. The summed E-state index contributed by atoms with van der Waals surface area (Å²) in [4.78, 5) is 27.1. The Balaban J connectivity index is 1.57. The molecule has 1 aliphatic rings. The topological polar surface area (TPSA) is 79.9 Å². The fourth-order valence-corrected chi connectivity index (χ4v) is 3.91. The second-order valence-corrected chi connectivity index (χ2v) is 7.91. The number of methoxy groups -OCH3 is 2. The summed E-state index contributed by atoms with van der Waals surface area (Å²) in [6.45, 7) is 7.09. The summed E-state index contributed by atoms with van der Waals surface area (Å²) in [5.41, 5.74) is 5.11. The Labute approximate surface area is 183 Å². The molecule has 1 aliphatic heterocycles. The Morgan fingerprint density at radius 3 is 2.29 bits per heavy atom. The number of rotatable bonds is 7. The van der Waals surface area contributed by atoms with Crippen LogP contribution in [0.2, 0.25) is 0 Å². The number of fused-ring (bicyclic) bond motifs is 1. The third-order valence-electron chi connectivity index (χ3n) is 5.84. The van der Waals surface area contributed by atoms with Crippen molar-refractivity contribution in [1.29, 1.82) is 0 Å². The van der Waals surface area contributed by atoms with Crippen molar-refractivity contribution in [3.05, 3.63) is 52.6 Å². The van der Waals surface area contributed by atoms with Crippen molar-refractivity contribution in [1.82, 2.24) is 10.2 Å². The maximum Gasteiger partial charge on any atom is 0.243 e. The van der Waals surface area contributed by atoms with Crippen molar-refractivity contribution in [3.8, 4) is 11.5 Å². The first-order valence-electron chi connectivity index (χ1n) is 10.5. The van der Waals surface area contributed by atoms with Gasteiger partial charge in [-0.3, -0.25) is 14.5 Å². The van der Waals surface area contributed by atoms with Crippen molar-refractivity contribution < 1.29 is 19.1 Å². The van der Waals surface area contributed by atoms with E-state index in [9.17, 15) is 9.59 Å². The molecule has 166 valence electrons. The van der Waals surface area contributed by atoms with E-state index in [1.54, 1.807) is 14.2 Å². The lowest BCUT2D eigenvalue weighted by molar-refractivity contribution is -0.128. The van der Waals surface area contributed by atoms with Gasteiger partial charge in [-0.15, -0.1) is 0 Å². The molecule has 0 bridgehead atoms. The van der Waals surface area contributed by atoms with E-state index < -0.39 is 0 Å². The fourth-order valence-electron chi connectivity index (χ4n) is 3.91. The Morgan fingerprint density at radius 1 is 1.06 bits per heavy atom. The van der Waals surface area contributed by atoms with Gasteiger partial charge in [0.05, 0.1) is 26.8 Å². The zero-order valence-electron chi connectivity index (χ0n) is 18.9. The maximum absolute atomic E-state index is 12.7. The molecule has 2 N–H and O–H groups in total. The number of hydrogen-bond acceptors (Lipinski definition) is 5. The van der Waals surface area contributed by atoms with Crippen molar-refractivity contribution in [3.63, 3.8) is 0 Å². The predicted octanol–water partition coefficient (Wildman–Crippen LogP) is 2.82. The van der Waals surface area contributed by atoms with Crippen LogP contribution in [0, 0.1) is 13.8 Å². The van der Waals surface area contributed by atoms with Crippen LogP contribution >= 0.6 is 0 Å². The first kappa shape index (κ1) is 22.6. The minimum Gasteiger partial charge on any atom is -0.493 e. The van der Waals surface area contributed by atoms with Crippen molar-refractivity contribution in [2.45, 2.75) is 39.8 Å². The number of carbonyl (C=O) groups is 2. The molecule has 0 aromatic heterocycles. The highest BCUT2D eigenvalue weighted by molar-refractivity contribution is 5.96. The van der Waals surface area contributed by atoms with Crippen molar-refractivity contribution >= 4 is 17.5 Å². The van der Waals surface area contributed by atoms with Gasteiger partial charge in [0.15, 0.2) is 11.5 Å². The molecule has 0 unspecified atom stereocenters. The average molecular weight is 426 g/mol. The number of nitrogens with zero attached hydrogens (tertiary/aromatic N) is 1. The summed E-state index contributed by atoms with van der Waals surface area (Å²) >= 11 is 0. The van der Waals surface area contributed by atoms with Crippen LogP contribution in [0.15, 0.2) is 30.3 Å². The van der Waals surface area contributed by atoms with Crippen LogP contribution in [-0.4, -0.2) is 50.1 Å². The van der Waals surface area contributed by atoms with E-state index in [0.717, 1.165) is 41.1 Å². The lowest BCUT2D eigenvalue weighted by Crippen LogP contribution is -2.48. The number of benzene rings is 2. The van der Waals surface area contributed by atoms with E-state index in [-0.39, 0.29) is 24.4 Å². The normalized spacial score (nSPS) is 14.4. The molecule has 2 aromatic rings. The van der Waals surface area contributed by atoms with Crippen LogP contribution in [0.3, 0.4) is 0 Å². The monoisotopic (exact) mass is 425 g/mol. The molecule has 2 amide bonds. The molecule has 0 saturated heterocycles. The number of hydrogen-bond donors (Lipinski definition) is 2. The van der Waals surface area contributed by atoms with Gasteiger partial charge in [0.25, 0.3) is 0 Å². The zero-order chi connectivity index (χ0) is 22.5. The minimum atomic E-state index is -0.353. The van der Waals surface area contributed by atoms with E-state index in [1.165, 1.54) is 5.56 Å². The first-order chi connectivity index (χ1) is 14.8. The number of aryl methyl sites for hydroxylation is 2. The van der Waals surface area contributed by atoms with E-state index in [1.807, 2.05) is 51.1 Å². The smallest absolute Gasteiger partial charge is 0.243 e. The van der Waals surface area contributed by atoms with Crippen LogP contribution in [0.25, 0.3) is 0 Å². The second-order valence-electron chi connectivity index (χ2n) is 7.91. The summed E-state index contributed by atoms with van der Waals surface area (Å²) < 4.78 is 10.8. The van der Waals surface area contributed by atoms with Crippen LogP contribution in [0.5, 0.6) is 11.5 Å². The number of amides is 2. The third-order valence-corrected chi connectivity index (χ3v) is 5.84. The molecule has 0 radical (unpaired) electrons. The van der Waals surface area contributed by atoms with Crippen molar-refractivity contribution in [2.24, 2.45) is 0 Å². The molecular formula is C24H31N3O4. The fraction of sp³-hybridized carbons (Fsp3) is 0.417. The molecule has 1 heterocycles. The number of nitrogens with one attached hydrogen (secondary N) is 2. The first-order valence-corrected chi connectivity index (χ1v) is 10.5. The second kappa shape index (κ2) is 9.83. The highest BCUT2D eigenvalue weighted by Crippen LogP contribution is 2.33. The van der Waals surface area contributed by atoms with Gasteiger partial charge in [0.2, 0.25) is 11.8 Å². The Morgan fingerprint density at radius 2 is 1.68 bits per heavy atom. The molecular weight excluding hydrogens is 394 g/mol. The van der Waals surface area contributed by atoms with Gasteiger partial charge < -0.3 is 20.1 Å². The van der Waals surface area contributed by atoms with Gasteiger partial charge in [-0.25, -0.2) is 0 Å². The molecule has 0 saturated carbocycles. The summed E-state index contributed by atoms with van der Waals surface area (Å²) in [5, 5.41) is 5.66. The van der Waals surface area contributed by atoms with Gasteiger partial charge in [-0.2, -0.15) is 0 Å². The van der Waals surface area contributed by atoms with Crippen LogP contribution < -0.4 is 20.1 Å².